The molecule has 3 aromatic carbocycles. The minimum absolute atomic E-state index is 0.00473. The second-order valence-electron chi connectivity index (χ2n) is 7.26. The Morgan fingerprint density at radius 1 is 1.03 bits per heavy atom. The van der Waals surface area contributed by atoms with Crippen molar-refractivity contribution in [2.24, 2.45) is 7.05 Å². The summed E-state index contributed by atoms with van der Waals surface area (Å²) in [7, 11) is -1.73. The monoisotopic (exact) mass is 407 g/mol. The normalized spacial score (nSPS) is 15.7. The number of sulfonamides is 1. The summed E-state index contributed by atoms with van der Waals surface area (Å²) in [6, 6.07) is 17.6. The smallest absolute Gasteiger partial charge is 0.244 e. The molecule has 0 radical (unpaired) electrons. The van der Waals surface area contributed by atoms with Gasteiger partial charge in [-0.1, -0.05) is 36.4 Å². The summed E-state index contributed by atoms with van der Waals surface area (Å²) in [5, 5.41) is 5.33. The van der Waals surface area contributed by atoms with Crippen LogP contribution < -0.4 is 0 Å². The van der Waals surface area contributed by atoms with Crippen LogP contribution in [0.3, 0.4) is 0 Å². The Balaban J connectivity index is 1.44. The quantitative estimate of drug-likeness (QED) is 0.514. The summed E-state index contributed by atoms with van der Waals surface area (Å²) in [6.45, 7) is 0.266. The number of halogens is 1. The first-order valence-electron chi connectivity index (χ1n) is 9.22. The Labute approximate surface area is 168 Å². The molecule has 7 heteroatoms. The number of hydrogen-bond acceptors (Lipinski definition) is 3. The molecule has 0 amide bonds. The molecule has 5 nitrogen and oxygen atoms in total. The zero-order valence-electron chi connectivity index (χ0n) is 15.7. The highest BCUT2D eigenvalue weighted by molar-refractivity contribution is 7.89. The predicted molar refractivity (Wildman–Crippen MR) is 109 cm³/mol. The topological polar surface area (TPSA) is 55.2 Å². The largest absolute Gasteiger partial charge is 0.275 e. The fraction of sp³-hybridized carbons (Fsp3) is 0.136. The van der Waals surface area contributed by atoms with E-state index in [0.717, 1.165) is 27.6 Å². The Morgan fingerprint density at radius 3 is 2.59 bits per heavy atom. The second kappa shape index (κ2) is 6.50. The lowest BCUT2D eigenvalue weighted by Crippen LogP contribution is -2.24. The van der Waals surface area contributed by atoms with Crippen LogP contribution in [-0.2, 0) is 30.2 Å². The molecular formula is C22H18FN3O2S. The highest BCUT2D eigenvalue weighted by atomic mass is 32.2. The maximum atomic E-state index is 14.8. The molecule has 0 fully saturated rings. The SMILES string of the molecule is Cn1cc2cc(-c3ccc(CN4Cc5ccccc5S4(=O)=O)c(F)c3)ccc2n1. The first-order valence-corrected chi connectivity index (χ1v) is 10.7. The minimum Gasteiger partial charge on any atom is -0.275 e. The van der Waals surface area contributed by atoms with Gasteiger partial charge in [-0.05, 0) is 41.0 Å². The molecule has 0 N–H and O–H groups in total. The van der Waals surface area contributed by atoms with Crippen LogP contribution >= 0.6 is 0 Å². The number of aryl methyl sites for hydroxylation is 1. The van der Waals surface area contributed by atoms with Crippen molar-refractivity contribution in [2.75, 3.05) is 0 Å². The summed E-state index contributed by atoms with van der Waals surface area (Å²) < 4.78 is 43.3. The standard InChI is InChI=1S/C22H18FN3O2S/c1-25-12-19-10-15(8-9-21(19)24-25)16-6-7-17(20(23)11-16)13-26-14-18-4-2-3-5-22(18)29(26,27)28/h2-12H,13-14H2,1H3. The van der Waals surface area contributed by atoms with Gasteiger partial charge in [0.05, 0.1) is 10.4 Å². The van der Waals surface area contributed by atoms with E-state index in [2.05, 4.69) is 5.10 Å². The van der Waals surface area contributed by atoms with Crippen molar-refractivity contribution >= 4 is 20.9 Å². The van der Waals surface area contributed by atoms with E-state index in [4.69, 9.17) is 0 Å². The van der Waals surface area contributed by atoms with Gasteiger partial charge in [-0.25, -0.2) is 12.8 Å². The molecule has 5 rings (SSSR count). The van der Waals surface area contributed by atoms with Crippen LogP contribution in [0.1, 0.15) is 11.1 Å². The fourth-order valence-electron chi connectivity index (χ4n) is 3.81. The van der Waals surface area contributed by atoms with Gasteiger partial charge in [-0.2, -0.15) is 9.40 Å². The molecule has 0 bridgehead atoms. The van der Waals surface area contributed by atoms with Crippen molar-refractivity contribution in [3.63, 3.8) is 0 Å². The van der Waals surface area contributed by atoms with Crippen molar-refractivity contribution in [1.82, 2.24) is 14.1 Å². The second-order valence-corrected chi connectivity index (χ2v) is 9.17. The van der Waals surface area contributed by atoms with Gasteiger partial charge in [-0.15, -0.1) is 0 Å². The molecule has 29 heavy (non-hydrogen) atoms. The first-order chi connectivity index (χ1) is 13.9. The summed E-state index contributed by atoms with van der Waals surface area (Å²) in [5.41, 5.74) is 3.61. The third-order valence-corrected chi connectivity index (χ3v) is 7.18. The number of rotatable bonds is 3. The van der Waals surface area contributed by atoms with Crippen molar-refractivity contribution in [3.8, 4) is 11.1 Å². The Morgan fingerprint density at radius 2 is 1.79 bits per heavy atom. The van der Waals surface area contributed by atoms with E-state index in [-0.39, 0.29) is 13.1 Å². The molecule has 0 saturated carbocycles. The van der Waals surface area contributed by atoms with Gasteiger partial charge in [0.1, 0.15) is 5.82 Å². The van der Waals surface area contributed by atoms with Crippen LogP contribution in [0.2, 0.25) is 0 Å². The molecule has 4 aromatic rings. The Kier molecular flexibility index (Phi) is 4.04. The average molecular weight is 407 g/mol. The highest BCUT2D eigenvalue weighted by Gasteiger charge is 2.34. The molecule has 0 spiro atoms. The van der Waals surface area contributed by atoms with Crippen molar-refractivity contribution in [2.45, 2.75) is 18.0 Å². The van der Waals surface area contributed by atoms with E-state index < -0.39 is 15.8 Å². The molecule has 1 aliphatic heterocycles. The van der Waals surface area contributed by atoms with Gasteiger partial charge in [0.25, 0.3) is 0 Å². The molecule has 146 valence electrons. The van der Waals surface area contributed by atoms with E-state index in [1.54, 1.807) is 28.9 Å². The van der Waals surface area contributed by atoms with E-state index >= 15 is 0 Å². The maximum Gasteiger partial charge on any atom is 0.244 e. The van der Waals surface area contributed by atoms with Crippen LogP contribution in [0.5, 0.6) is 0 Å². The summed E-state index contributed by atoms with van der Waals surface area (Å²) in [6.07, 6.45) is 1.92. The van der Waals surface area contributed by atoms with Crippen molar-refractivity contribution in [3.05, 3.63) is 83.8 Å². The van der Waals surface area contributed by atoms with Crippen LogP contribution in [-0.4, -0.2) is 22.5 Å². The number of hydrogen-bond donors (Lipinski definition) is 0. The van der Waals surface area contributed by atoms with E-state index in [1.165, 1.54) is 10.4 Å². The fourth-order valence-corrected chi connectivity index (χ4v) is 5.43. The van der Waals surface area contributed by atoms with Gasteiger partial charge in [0.15, 0.2) is 0 Å². The van der Waals surface area contributed by atoms with Gasteiger partial charge in [-0.3, -0.25) is 4.68 Å². The molecule has 0 saturated heterocycles. The maximum absolute atomic E-state index is 14.8. The zero-order chi connectivity index (χ0) is 20.2. The number of aromatic nitrogens is 2. The van der Waals surface area contributed by atoms with E-state index in [9.17, 15) is 12.8 Å². The summed E-state index contributed by atoms with van der Waals surface area (Å²) >= 11 is 0. The zero-order valence-corrected chi connectivity index (χ0v) is 16.5. The third kappa shape index (κ3) is 3.03. The lowest BCUT2D eigenvalue weighted by Gasteiger charge is -2.15. The van der Waals surface area contributed by atoms with Gasteiger partial charge in [0.2, 0.25) is 10.0 Å². The Hall–Kier alpha value is -3.03. The van der Waals surface area contributed by atoms with Crippen LogP contribution in [0, 0.1) is 5.82 Å². The average Bonchev–Trinajstić information content (AvgIpc) is 3.19. The number of nitrogens with zero attached hydrogens (tertiary/aromatic N) is 3. The van der Waals surface area contributed by atoms with Gasteiger partial charge < -0.3 is 0 Å². The van der Waals surface area contributed by atoms with Crippen LogP contribution in [0.25, 0.3) is 22.0 Å². The lowest BCUT2D eigenvalue weighted by molar-refractivity contribution is 0.411. The highest BCUT2D eigenvalue weighted by Crippen LogP contribution is 2.32. The van der Waals surface area contributed by atoms with E-state index in [0.29, 0.717) is 10.5 Å². The molecule has 1 aliphatic rings. The summed E-state index contributed by atoms with van der Waals surface area (Å²) in [4.78, 5) is 0.307. The van der Waals surface area contributed by atoms with Crippen molar-refractivity contribution in [1.29, 1.82) is 0 Å². The molecule has 0 unspecified atom stereocenters. The predicted octanol–water partition coefficient (Wildman–Crippen LogP) is 4.08. The van der Waals surface area contributed by atoms with Crippen molar-refractivity contribution < 1.29 is 12.8 Å². The lowest BCUT2D eigenvalue weighted by atomic mass is 10.0. The Bertz CT molecular complexity index is 1360. The molecule has 0 atom stereocenters. The summed E-state index contributed by atoms with van der Waals surface area (Å²) in [5.74, 6) is -0.417. The molecule has 0 aliphatic carbocycles. The molecule has 1 aromatic heterocycles. The van der Waals surface area contributed by atoms with Crippen LogP contribution in [0.15, 0.2) is 71.8 Å². The molecular weight excluding hydrogens is 389 g/mol. The van der Waals surface area contributed by atoms with Gasteiger partial charge >= 0.3 is 0 Å². The third-order valence-electron chi connectivity index (χ3n) is 5.29. The minimum atomic E-state index is -3.59. The number of benzene rings is 3. The van der Waals surface area contributed by atoms with Crippen LogP contribution in [0.4, 0.5) is 4.39 Å². The molecule has 2 heterocycles. The first kappa shape index (κ1) is 18.0. The van der Waals surface area contributed by atoms with Gasteiger partial charge in [0, 0.05) is 37.3 Å². The van der Waals surface area contributed by atoms with E-state index in [1.807, 2.05) is 43.6 Å². The number of fused-ring (bicyclic) bond motifs is 2.